The Labute approximate surface area is 270 Å². The van der Waals surface area contributed by atoms with Crippen LogP contribution in [0.3, 0.4) is 0 Å². The maximum atomic E-state index is 2.61. The van der Waals surface area contributed by atoms with Gasteiger partial charge in [-0.2, -0.15) is 0 Å². The standard InChI is InChI=1S/C43H72/c1-37(2,3)30-26-33(40(10,11)12)32(39(7,8)9)25-28(30)23-22-24-29-31(38(4,5)6)27-34(41(13,14)15)36(43(19,20)21)35(29)42(16,17)18/h25-27H,22-24H2,1-21H3. The Morgan fingerprint density at radius 3 is 1.02 bits per heavy atom. The van der Waals surface area contributed by atoms with E-state index in [1.54, 1.807) is 27.8 Å². The maximum absolute atomic E-state index is 2.61. The Hall–Kier alpha value is -1.56. The average Bonchev–Trinajstić information content (AvgIpc) is 2.73. The van der Waals surface area contributed by atoms with Crippen LogP contribution in [0.2, 0.25) is 0 Å². The normalized spacial score (nSPS) is 14.4. The quantitative estimate of drug-likeness (QED) is 0.333. The minimum Gasteiger partial charge on any atom is -0.0561 e. The zero-order valence-electron chi connectivity index (χ0n) is 32.9. The van der Waals surface area contributed by atoms with Gasteiger partial charge in [-0.05, 0) is 107 Å². The third-order valence-electron chi connectivity index (χ3n) is 9.09. The second-order valence-electron chi connectivity index (χ2n) is 20.9. The van der Waals surface area contributed by atoms with Crippen LogP contribution in [-0.2, 0) is 50.7 Å². The Morgan fingerprint density at radius 2 is 0.674 bits per heavy atom. The lowest BCUT2D eigenvalue weighted by Crippen LogP contribution is -2.32. The molecule has 0 radical (unpaired) electrons. The molecular weight excluding hydrogens is 516 g/mol. The summed E-state index contributed by atoms with van der Waals surface area (Å²) in [6, 6.07) is 7.79. The molecule has 0 aromatic heterocycles. The molecule has 0 atom stereocenters. The zero-order valence-corrected chi connectivity index (χ0v) is 32.9. The molecule has 2 aromatic carbocycles. The molecular formula is C43H72. The molecule has 0 aliphatic rings. The molecule has 0 N–H and O–H groups in total. The first-order chi connectivity index (χ1) is 18.8. The van der Waals surface area contributed by atoms with Crippen molar-refractivity contribution in [2.24, 2.45) is 0 Å². The summed E-state index contributed by atoms with van der Waals surface area (Å²) in [7, 11) is 0. The van der Waals surface area contributed by atoms with Gasteiger partial charge in [-0.25, -0.2) is 0 Å². The van der Waals surface area contributed by atoms with Crippen LogP contribution in [-0.4, -0.2) is 0 Å². The third kappa shape index (κ3) is 8.79. The van der Waals surface area contributed by atoms with Gasteiger partial charge in [-0.3, -0.25) is 0 Å². The summed E-state index contributed by atoms with van der Waals surface area (Å²) < 4.78 is 0. The van der Waals surface area contributed by atoms with E-state index in [0.29, 0.717) is 0 Å². The fourth-order valence-corrected chi connectivity index (χ4v) is 7.10. The van der Waals surface area contributed by atoms with Gasteiger partial charge in [0, 0.05) is 0 Å². The molecule has 244 valence electrons. The van der Waals surface area contributed by atoms with Crippen LogP contribution in [0.4, 0.5) is 0 Å². The van der Waals surface area contributed by atoms with Crippen LogP contribution >= 0.6 is 0 Å². The Kier molecular flexibility index (Phi) is 10.2. The van der Waals surface area contributed by atoms with E-state index in [2.05, 4.69) is 164 Å². The van der Waals surface area contributed by atoms with E-state index in [1.165, 1.54) is 22.3 Å². The number of benzene rings is 2. The van der Waals surface area contributed by atoms with E-state index in [9.17, 15) is 0 Å². The van der Waals surface area contributed by atoms with Crippen LogP contribution in [0.5, 0.6) is 0 Å². The Bertz CT molecular complexity index is 1280. The van der Waals surface area contributed by atoms with Crippen LogP contribution < -0.4 is 0 Å². The number of hydrogen-bond acceptors (Lipinski definition) is 0. The highest BCUT2D eigenvalue weighted by atomic mass is 14.4. The van der Waals surface area contributed by atoms with Crippen molar-refractivity contribution in [2.45, 2.75) is 203 Å². The van der Waals surface area contributed by atoms with Crippen molar-refractivity contribution in [3.63, 3.8) is 0 Å². The van der Waals surface area contributed by atoms with Crippen molar-refractivity contribution in [2.75, 3.05) is 0 Å². The fourth-order valence-electron chi connectivity index (χ4n) is 7.10. The topological polar surface area (TPSA) is 0 Å². The maximum Gasteiger partial charge on any atom is -0.0126 e. The van der Waals surface area contributed by atoms with E-state index in [1.807, 2.05) is 0 Å². The van der Waals surface area contributed by atoms with Gasteiger partial charge >= 0.3 is 0 Å². The highest BCUT2D eigenvalue weighted by molar-refractivity contribution is 5.56. The summed E-state index contributed by atoms with van der Waals surface area (Å²) in [6.07, 6.45) is 3.38. The molecule has 0 heteroatoms. The molecule has 0 saturated heterocycles. The summed E-state index contributed by atoms with van der Waals surface area (Å²) in [6.45, 7) is 50.5. The van der Waals surface area contributed by atoms with Crippen LogP contribution in [0, 0.1) is 0 Å². The van der Waals surface area contributed by atoms with Gasteiger partial charge in [0.25, 0.3) is 0 Å². The van der Waals surface area contributed by atoms with Gasteiger partial charge in [0.15, 0.2) is 0 Å². The molecule has 0 spiro atoms. The van der Waals surface area contributed by atoms with E-state index >= 15 is 0 Å². The second kappa shape index (κ2) is 11.7. The number of hydrogen-bond donors (Lipinski definition) is 0. The predicted octanol–water partition coefficient (Wildman–Crippen LogP) is 12.9. The molecule has 0 heterocycles. The minimum atomic E-state index is 0.0591. The van der Waals surface area contributed by atoms with Gasteiger partial charge in [0.2, 0.25) is 0 Å². The summed E-state index contributed by atoms with van der Waals surface area (Å²) >= 11 is 0. The van der Waals surface area contributed by atoms with E-state index in [4.69, 9.17) is 0 Å². The van der Waals surface area contributed by atoms with Gasteiger partial charge < -0.3 is 0 Å². The summed E-state index contributed by atoms with van der Waals surface area (Å²) in [4.78, 5) is 0. The van der Waals surface area contributed by atoms with E-state index in [-0.39, 0.29) is 37.9 Å². The highest BCUT2D eigenvalue weighted by Gasteiger charge is 2.37. The van der Waals surface area contributed by atoms with Gasteiger partial charge in [0.1, 0.15) is 0 Å². The predicted molar refractivity (Wildman–Crippen MR) is 196 cm³/mol. The molecule has 2 rings (SSSR count). The number of aryl methyl sites for hydroxylation is 1. The molecule has 0 unspecified atom stereocenters. The molecule has 0 saturated carbocycles. The second-order valence-corrected chi connectivity index (χ2v) is 20.9. The molecule has 0 fully saturated rings. The molecule has 0 amide bonds. The fraction of sp³-hybridized carbons (Fsp3) is 0.721. The zero-order chi connectivity index (χ0) is 33.9. The van der Waals surface area contributed by atoms with Crippen molar-refractivity contribution in [1.82, 2.24) is 0 Å². The first-order valence-electron chi connectivity index (χ1n) is 17.2. The van der Waals surface area contributed by atoms with Crippen molar-refractivity contribution in [3.8, 4) is 0 Å². The van der Waals surface area contributed by atoms with Crippen molar-refractivity contribution >= 4 is 0 Å². The van der Waals surface area contributed by atoms with Crippen LogP contribution in [0.25, 0.3) is 0 Å². The highest BCUT2D eigenvalue weighted by Crippen LogP contribution is 2.47. The summed E-state index contributed by atoms with van der Waals surface area (Å²) in [5.41, 5.74) is 14.6. The molecule has 0 bridgehead atoms. The largest absolute Gasteiger partial charge is 0.0561 e. The van der Waals surface area contributed by atoms with Crippen LogP contribution in [0.1, 0.15) is 202 Å². The lowest BCUT2D eigenvalue weighted by molar-refractivity contribution is 0.483. The molecule has 43 heavy (non-hydrogen) atoms. The molecule has 0 aliphatic carbocycles. The lowest BCUT2D eigenvalue weighted by Gasteiger charge is -2.41. The van der Waals surface area contributed by atoms with Gasteiger partial charge in [-0.15, -0.1) is 0 Å². The molecule has 0 nitrogen and oxygen atoms in total. The van der Waals surface area contributed by atoms with Gasteiger partial charge in [-0.1, -0.05) is 164 Å². The first kappa shape index (κ1) is 37.6. The smallest absolute Gasteiger partial charge is 0.0126 e. The molecule has 0 aliphatic heterocycles. The lowest BCUT2D eigenvalue weighted by atomic mass is 9.64. The SMILES string of the molecule is CC(C)(C)c1cc(C(C)(C)C)c(C(C)(C)C)cc1CCCc1c(C(C)(C)C)cc(C(C)(C)C)c(C(C)(C)C)c1C(C)(C)C. The number of rotatable bonds is 4. The average molecular weight is 589 g/mol. The minimum absolute atomic E-state index is 0.0591. The van der Waals surface area contributed by atoms with E-state index in [0.717, 1.165) is 19.3 Å². The van der Waals surface area contributed by atoms with Crippen molar-refractivity contribution in [3.05, 3.63) is 68.3 Å². The Morgan fingerprint density at radius 1 is 0.326 bits per heavy atom. The Balaban J connectivity index is 2.87. The third-order valence-corrected chi connectivity index (χ3v) is 9.09. The van der Waals surface area contributed by atoms with Gasteiger partial charge in [0.05, 0.1) is 0 Å². The van der Waals surface area contributed by atoms with Crippen molar-refractivity contribution in [1.29, 1.82) is 0 Å². The first-order valence-corrected chi connectivity index (χ1v) is 17.2. The molecule has 2 aromatic rings. The van der Waals surface area contributed by atoms with Crippen molar-refractivity contribution < 1.29 is 0 Å². The van der Waals surface area contributed by atoms with E-state index < -0.39 is 0 Å². The summed E-state index contributed by atoms with van der Waals surface area (Å²) in [5.74, 6) is 0. The monoisotopic (exact) mass is 589 g/mol. The summed E-state index contributed by atoms with van der Waals surface area (Å²) in [5, 5.41) is 0. The van der Waals surface area contributed by atoms with Crippen LogP contribution in [0.15, 0.2) is 18.2 Å².